The third-order valence-electron chi connectivity index (χ3n) is 16.5. The molecular weight excluding hydrogens is 1180 g/mol. The lowest BCUT2D eigenvalue weighted by molar-refractivity contribution is -0.0940. The highest BCUT2D eigenvalue weighted by atomic mass is 32.5. The standard InChI is InChI=1S/C58H73N7O15P2SSi2/c1-56(2,3)84(9,10)79-49-45(76-52(50(49)77-81(68)69)64-32-27-46(66)62-34-30-60-54(62)64)38-74-82(83,73-36-16-29-59)78-48-44(75-53(51(48)80-85(11,12)57(4,5)6)65-33-28-47(67)63-35-31-61-55(63)65)37-72-58(39-17-14-13-15-18-39,40-19-23-42(70-7)24-20-40)41-21-25-43(71-8)26-22-41/h13-15,17-28,30-35,44-45,48-53H,16,36-38H2,1-12H3/p+1/t44-,45-,48-,49-,50-,51-,52-,53-,82?/m1/s1. The highest BCUT2D eigenvalue weighted by Gasteiger charge is 2.58. The minimum atomic E-state index is -4.20. The molecule has 0 saturated carbocycles. The number of benzene rings is 3. The monoisotopic (exact) mass is 1260 g/mol. The van der Waals surface area contributed by atoms with E-state index in [1.807, 2.05) is 92.0 Å². The summed E-state index contributed by atoms with van der Waals surface area (Å²) in [7, 11) is -5.75. The van der Waals surface area contributed by atoms with Gasteiger partial charge in [-0.25, -0.2) is 9.97 Å². The summed E-state index contributed by atoms with van der Waals surface area (Å²) in [4.78, 5) is 46.0. The van der Waals surface area contributed by atoms with E-state index in [2.05, 4.69) is 70.7 Å². The molecule has 0 radical (unpaired) electrons. The van der Waals surface area contributed by atoms with Gasteiger partial charge in [0.2, 0.25) is 11.6 Å². The van der Waals surface area contributed by atoms with Crippen molar-refractivity contribution in [2.24, 2.45) is 0 Å². The van der Waals surface area contributed by atoms with E-state index in [-0.39, 0.29) is 52.4 Å². The first kappa shape index (κ1) is 63.9. The minimum Gasteiger partial charge on any atom is -0.497 e. The Balaban J connectivity index is 1.19. The van der Waals surface area contributed by atoms with Gasteiger partial charge in [0, 0.05) is 53.9 Å². The number of fused-ring (bicyclic) bond motifs is 2. The number of ether oxygens (including phenoxy) is 5. The summed E-state index contributed by atoms with van der Waals surface area (Å²) in [5, 5.41) is 9.19. The number of imidazole rings is 2. The summed E-state index contributed by atoms with van der Waals surface area (Å²) in [6.07, 6.45) is -0.0788. The first-order chi connectivity index (χ1) is 40.2. The maximum atomic E-state index is 13.4. The first-order valence-corrected chi connectivity index (χ1v) is 37.3. The fourth-order valence-electron chi connectivity index (χ4n) is 9.97. The van der Waals surface area contributed by atoms with Crippen molar-refractivity contribution in [3.8, 4) is 17.6 Å². The summed E-state index contributed by atoms with van der Waals surface area (Å²) in [5.41, 5.74) is 0.216. The van der Waals surface area contributed by atoms with Gasteiger partial charge in [-0.05, 0) is 89.0 Å². The topological polar surface area (TPSA) is 241 Å². The molecule has 10 atom stereocenters. The molecule has 7 aromatic rings. The molecule has 6 heterocycles. The van der Waals surface area contributed by atoms with Gasteiger partial charge in [0.25, 0.3) is 11.1 Å². The van der Waals surface area contributed by atoms with Gasteiger partial charge >= 0.3 is 15.0 Å². The van der Waals surface area contributed by atoms with Crippen LogP contribution in [0.4, 0.5) is 0 Å². The van der Waals surface area contributed by atoms with E-state index in [4.69, 9.17) is 62.4 Å². The quantitative estimate of drug-likeness (QED) is 0.0256. The van der Waals surface area contributed by atoms with Gasteiger partial charge in [0.15, 0.2) is 35.2 Å². The molecule has 85 heavy (non-hydrogen) atoms. The van der Waals surface area contributed by atoms with E-state index in [0.29, 0.717) is 11.5 Å². The molecule has 1 N–H and O–H groups in total. The molecule has 2 unspecified atom stereocenters. The van der Waals surface area contributed by atoms with E-state index in [1.54, 1.807) is 31.2 Å². The average Bonchev–Trinajstić information content (AvgIpc) is 2.12. The molecule has 2 saturated heterocycles. The first-order valence-electron chi connectivity index (χ1n) is 27.8. The molecule has 4 aromatic heterocycles. The number of nitriles is 1. The molecule has 3 aromatic carbocycles. The van der Waals surface area contributed by atoms with Crippen LogP contribution < -0.4 is 20.6 Å². The molecule has 22 nitrogen and oxygen atoms in total. The highest BCUT2D eigenvalue weighted by Crippen LogP contribution is 2.57. The van der Waals surface area contributed by atoms with E-state index in [1.165, 1.54) is 50.3 Å². The summed E-state index contributed by atoms with van der Waals surface area (Å²) >= 11 is 6.52. The Morgan fingerprint density at radius 1 is 0.659 bits per heavy atom. The molecule has 454 valence electrons. The Hall–Kier alpha value is -5.63. The summed E-state index contributed by atoms with van der Waals surface area (Å²) in [5.74, 6) is 1.69. The maximum Gasteiger partial charge on any atom is 0.695 e. The number of hydrogen-bond acceptors (Lipinski definition) is 18. The predicted molar refractivity (Wildman–Crippen MR) is 325 cm³/mol. The van der Waals surface area contributed by atoms with Crippen LogP contribution in [-0.2, 0) is 63.1 Å². The smallest absolute Gasteiger partial charge is 0.497 e. The molecule has 2 fully saturated rings. The Kier molecular flexibility index (Phi) is 19.2. The molecular formula is C58H74N7O15P2SSi2+. The highest BCUT2D eigenvalue weighted by molar-refractivity contribution is 8.07. The Labute approximate surface area is 501 Å². The molecule has 0 bridgehead atoms. The Bertz CT molecular complexity index is 3630. The van der Waals surface area contributed by atoms with Crippen LogP contribution in [0.25, 0.3) is 11.6 Å². The minimum absolute atomic E-state index is 0.102. The van der Waals surface area contributed by atoms with E-state index < -0.39 is 92.9 Å². The second-order valence-electron chi connectivity index (χ2n) is 23.8. The van der Waals surface area contributed by atoms with Gasteiger partial charge in [-0.15, -0.1) is 9.42 Å². The molecule has 0 spiro atoms. The van der Waals surface area contributed by atoms with Crippen LogP contribution in [-0.4, -0.2) is 120 Å². The molecule has 0 amide bonds. The van der Waals surface area contributed by atoms with Crippen LogP contribution in [0.3, 0.4) is 0 Å². The number of aromatic nitrogens is 6. The molecule has 2 aliphatic heterocycles. The predicted octanol–water partition coefficient (Wildman–Crippen LogP) is 10.2. The van der Waals surface area contributed by atoms with E-state index >= 15 is 0 Å². The SMILES string of the molecule is COc1ccc(C(OC[C@H]2O[C@@H](n3ccc(=O)n4ccnc34)[C@H](O[Si](C)(C)C(C)(C)C)[C@@H]2OP(=S)(OCCC#N)OC[C@H]2O[C@@H](n3ccc(=O)n4ccnc34)[C@H](O[P+](=O)O)[C@@H]2O[Si](C)(C)C(C)(C)C)(c2ccccc2)c2ccc(OC)cc2)cc1. The number of methoxy groups -OCH3 is 2. The largest absolute Gasteiger partial charge is 0.695 e. The normalized spacial score (nSPS) is 22.4. The number of rotatable bonds is 24. The third kappa shape index (κ3) is 13.3. The fourth-order valence-corrected chi connectivity index (χ4v) is 15.1. The van der Waals surface area contributed by atoms with Gasteiger partial charge in [-0.3, -0.25) is 32.0 Å². The van der Waals surface area contributed by atoms with Crippen molar-refractivity contribution in [1.29, 1.82) is 5.26 Å². The molecule has 0 aliphatic carbocycles. The Morgan fingerprint density at radius 2 is 1.13 bits per heavy atom. The number of nitrogens with zero attached hydrogens (tertiary/aromatic N) is 7. The Morgan fingerprint density at radius 3 is 1.60 bits per heavy atom. The lowest BCUT2D eigenvalue weighted by Gasteiger charge is -2.41. The number of hydrogen-bond donors (Lipinski definition) is 1. The van der Waals surface area contributed by atoms with Crippen LogP contribution >= 0.6 is 15.0 Å². The second-order valence-corrected chi connectivity index (χ2v) is 37.0. The summed E-state index contributed by atoms with van der Waals surface area (Å²) < 4.78 is 93.0. The van der Waals surface area contributed by atoms with Crippen LogP contribution in [0.15, 0.2) is 138 Å². The lowest BCUT2D eigenvalue weighted by atomic mass is 9.80. The second kappa shape index (κ2) is 25.6. The third-order valence-corrected chi connectivity index (χ3v) is 28.2. The summed E-state index contributed by atoms with van der Waals surface area (Å²) in [6.45, 7) is 15.7. The van der Waals surface area contributed by atoms with Crippen molar-refractivity contribution >= 4 is 55.0 Å². The van der Waals surface area contributed by atoms with Crippen molar-refractivity contribution in [2.45, 2.75) is 139 Å². The molecule has 9 rings (SSSR count). The van der Waals surface area contributed by atoms with Crippen molar-refractivity contribution in [3.05, 3.63) is 166 Å². The van der Waals surface area contributed by atoms with Crippen molar-refractivity contribution in [2.75, 3.05) is 34.0 Å². The van der Waals surface area contributed by atoms with Crippen LogP contribution in [0.1, 0.15) is 77.1 Å². The summed E-state index contributed by atoms with van der Waals surface area (Å²) in [6, 6.07) is 29.9. The fraction of sp³-hybridized carbons (Fsp3) is 0.466. The maximum absolute atomic E-state index is 13.4. The van der Waals surface area contributed by atoms with Gasteiger partial charge in [-0.1, -0.05) is 96.1 Å². The molecule has 27 heteroatoms. The van der Waals surface area contributed by atoms with Crippen LogP contribution in [0.2, 0.25) is 36.3 Å². The lowest BCUT2D eigenvalue weighted by Crippen LogP contribution is -2.50. The van der Waals surface area contributed by atoms with Gasteiger partial charge in [0.1, 0.15) is 47.6 Å². The zero-order chi connectivity index (χ0) is 61.3. The zero-order valence-corrected chi connectivity index (χ0v) is 54.3. The molecule has 2 aliphatic rings. The van der Waals surface area contributed by atoms with E-state index in [0.717, 1.165) is 16.7 Å². The van der Waals surface area contributed by atoms with Gasteiger partial charge in [0.05, 0.1) is 46.5 Å². The van der Waals surface area contributed by atoms with Crippen LogP contribution in [0.5, 0.6) is 11.5 Å². The van der Waals surface area contributed by atoms with Gasteiger partial charge < -0.3 is 41.6 Å². The van der Waals surface area contributed by atoms with Crippen LogP contribution in [0, 0.1) is 11.3 Å². The van der Waals surface area contributed by atoms with Crippen molar-refractivity contribution in [3.63, 3.8) is 0 Å². The zero-order valence-electron chi connectivity index (χ0n) is 49.7. The van der Waals surface area contributed by atoms with Crippen molar-refractivity contribution in [1.82, 2.24) is 27.9 Å². The average molecular weight is 1260 g/mol. The van der Waals surface area contributed by atoms with Gasteiger partial charge in [-0.2, -0.15) is 5.26 Å². The van der Waals surface area contributed by atoms with Crippen molar-refractivity contribution < 1.29 is 60.1 Å². The van der Waals surface area contributed by atoms with E-state index in [9.17, 15) is 24.3 Å².